The molecule has 1 amide bonds. The molecule has 0 unspecified atom stereocenters. The Bertz CT molecular complexity index is 169. The topological polar surface area (TPSA) is 72.2 Å². The van der Waals surface area contributed by atoms with E-state index in [9.17, 15) is 9.59 Å². The van der Waals surface area contributed by atoms with Gasteiger partial charge in [0, 0.05) is 13.0 Å². The van der Waals surface area contributed by atoms with Crippen molar-refractivity contribution in [3.8, 4) is 0 Å². The van der Waals surface area contributed by atoms with Gasteiger partial charge in [-0.05, 0) is 12.3 Å². The van der Waals surface area contributed by atoms with Crippen LogP contribution in [0.5, 0.6) is 0 Å². The molecule has 0 heterocycles. The smallest absolute Gasteiger partial charge is 0.237 e. The fraction of sp³-hybridized carbons (Fsp3) is 0.778. The number of unbranched alkanes of at least 4 members (excludes halogenated alkanes) is 1. The summed E-state index contributed by atoms with van der Waals surface area (Å²) < 4.78 is 0. The van der Waals surface area contributed by atoms with Crippen molar-refractivity contribution >= 4 is 12.2 Å². The molecule has 4 heteroatoms. The molecule has 0 bridgehead atoms. The van der Waals surface area contributed by atoms with Crippen LogP contribution in [0, 0.1) is 5.92 Å². The van der Waals surface area contributed by atoms with Gasteiger partial charge in [0.1, 0.15) is 6.29 Å². The number of nitrogens with two attached hydrogens (primary N) is 1. The van der Waals surface area contributed by atoms with E-state index >= 15 is 0 Å². The summed E-state index contributed by atoms with van der Waals surface area (Å²) in [4.78, 5) is 21.2. The molecule has 13 heavy (non-hydrogen) atoms. The van der Waals surface area contributed by atoms with Crippen LogP contribution in [-0.4, -0.2) is 24.8 Å². The van der Waals surface area contributed by atoms with Crippen molar-refractivity contribution in [2.75, 3.05) is 6.54 Å². The van der Waals surface area contributed by atoms with Crippen molar-refractivity contribution in [1.82, 2.24) is 5.32 Å². The summed E-state index contributed by atoms with van der Waals surface area (Å²) in [5.41, 5.74) is 5.59. The fourth-order valence-corrected chi connectivity index (χ4v) is 0.818. The first kappa shape index (κ1) is 12.1. The predicted molar refractivity (Wildman–Crippen MR) is 51.1 cm³/mol. The molecular weight excluding hydrogens is 168 g/mol. The van der Waals surface area contributed by atoms with Gasteiger partial charge in [-0.25, -0.2) is 0 Å². The zero-order chi connectivity index (χ0) is 10.3. The molecule has 1 atom stereocenters. The molecule has 3 N–H and O–H groups in total. The van der Waals surface area contributed by atoms with Crippen LogP contribution in [0.3, 0.4) is 0 Å². The van der Waals surface area contributed by atoms with Crippen LogP contribution in [0.25, 0.3) is 0 Å². The fourth-order valence-electron chi connectivity index (χ4n) is 0.818. The molecule has 0 aromatic rings. The Hall–Kier alpha value is -0.900. The maximum absolute atomic E-state index is 11.2. The zero-order valence-corrected chi connectivity index (χ0v) is 8.25. The van der Waals surface area contributed by atoms with E-state index in [-0.39, 0.29) is 11.8 Å². The van der Waals surface area contributed by atoms with Gasteiger partial charge in [-0.1, -0.05) is 13.8 Å². The molecular formula is C9H18N2O2. The zero-order valence-electron chi connectivity index (χ0n) is 8.25. The lowest BCUT2D eigenvalue weighted by Crippen LogP contribution is -2.44. The van der Waals surface area contributed by atoms with Crippen molar-refractivity contribution < 1.29 is 9.59 Å². The van der Waals surface area contributed by atoms with Crippen molar-refractivity contribution in [2.45, 2.75) is 32.7 Å². The van der Waals surface area contributed by atoms with Gasteiger partial charge in [0.2, 0.25) is 5.91 Å². The Kier molecular flexibility index (Phi) is 6.14. The van der Waals surface area contributed by atoms with Crippen molar-refractivity contribution in [3.05, 3.63) is 0 Å². The number of aldehydes is 1. The first-order chi connectivity index (χ1) is 6.09. The van der Waals surface area contributed by atoms with Crippen LogP contribution in [0.15, 0.2) is 0 Å². The normalized spacial score (nSPS) is 12.6. The molecule has 0 aromatic heterocycles. The number of carbonyl (C=O) groups excluding carboxylic acids is 2. The minimum absolute atomic E-state index is 0.138. The summed E-state index contributed by atoms with van der Waals surface area (Å²) in [5, 5.41) is 2.68. The van der Waals surface area contributed by atoms with Crippen LogP contribution in [0.2, 0.25) is 0 Å². The van der Waals surface area contributed by atoms with Crippen LogP contribution < -0.4 is 11.1 Å². The Morgan fingerprint density at radius 2 is 2.15 bits per heavy atom. The molecule has 0 spiro atoms. The van der Waals surface area contributed by atoms with E-state index in [1.165, 1.54) is 0 Å². The number of rotatable bonds is 6. The summed E-state index contributed by atoms with van der Waals surface area (Å²) in [6, 6.07) is -0.448. The van der Waals surface area contributed by atoms with Gasteiger partial charge in [-0.3, -0.25) is 4.79 Å². The second-order valence-corrected chi connectivity index (χ2v) is 3.37. The molecule has 0 aromatic carbocycles. The van der Waals surface area contributed by atoms with Crippen LogP contribution in [0.4, 0.5) is 0 Å². The summed E-state index contributed by atoms with van der Waals surface area (Å²) >= 11 is 0. The van der Waals surface area contributed by atoms with Gasteiger partial charge in [-0.15, -0.1) is 0 Å². The minimum Gasteiger partial charge on any atom is -0.355 e. The van der Waals surface area contributed by atoms with Crippen LogP contribution in [-0.2, 0) is 9.59 Å². The summed E-state index contributed by atoms with van der Waals surface area (Å²) in [5.74, 6) is 0.00645. The molecule has 0 radical (unpaired) electrons. The third-order valence-corrected chi connectivity index (χ3v) is 1.82. The average molecular weight is 186 g/mol. The Morgan fingerprint density at radius 3 is 2.62 bits per heavy atom. The first-order valence-corrected chi connectivity index (χ1v) is 4.56. The predicted octanol–water partition coefficient (Wildman–Crippen LogP) is 0.0650. The van der Waals surface area contributed by atoms with E-state index in [0.29, 0.717) is 19.4 Å². The van der Waals surface area contributed by atoms with Gasteiger partial charge in [0.25, 0.3) is 0 Å². The average Bonchev–Trinajstić information content (AvgIpc) is 2.10. The maximum Gasteiger partial charge on any atom is 0.237 e. The lowest BCUT2D eigenvalue weighted by Gasteiger charge is -2.14. The third-order valence-electron chi connectivity index (χ3n) is 1.82. The highest BCUT2D eigenvalue weighted by atomic mass is 16.2. The number of amides is 1. The SMILES string of the molecule is CC(C)[C@H](N)C(=O)NCCCC=O. The van der Waals surface area contributed by atoms with Crippen LogP contribution in [0.1, 0.15) is 26.7 Å². The number of hydrogen-bond acceptors (Lipinski definition) is 3. The van der Waals surface area contributed by atoms with E-state index in [2.05, 4.69) is 5.32 Å². The lowest BCUT2D eigenvalue weighted by atomic mass is 10.1. The Morgan fingerprint density at radius 1 is 1.54 bits per heavy atom. The standard InChI is InChI=1S/C9H18N2O2/c1-7(2)8(10)9(13)11-5-3-4-6-12/h6-8H,3-5,10H2,1-2H3,(H,11,13)/t8-/m0/s1. The highest BCUT2D eigenvalue weighted by Crippen LogP contribution is 1.97. The summed E-state index contributed by atoms with van der Waals surface area (Å²) in [6.07, 6.45) is 2.01. The maximum atomic E-state index is 11.2. The van der Waals surface area contributed by atoms with Crippen molar-refractivity contribution in [2.24, 2.45) is 11.7 Å². The molecule has 4 nitrogen and oxygen atoms in total. The van der Waals surface area contributed by atoms with Gasteiger partial charge in [0.15, 0.2) is 0 Å². The largest absolute Gasteiger partial charge is 0.355 e. The van der Waals surface area contributed by atoms with Gasteiger partial charge in [-0.2, -0.15) is 0 Å². The van der Waals surface area contributed by atoms with E-state index in [0.717, 1.165) is 6.29 Å². The lowest BCUT2D eigenvalue weighted by molar-refractivity contribution is -0.123. The Labute approximate surface area is 78.9 Å². The first-order valence-electron chi connectivity index (χ1n) is 4.56. The quantitative estimate of drug-likeness (QED) is 0.455. The molecule has 0 aliphatic rings. The molecule has 0 saturated heterocycles. The molecule has 76 valence electrons. The van der Waals surface area contributed by atoms with Crippen molar-refractivity contribution in [1.29, 1.82) is 0 Å². The number of nitrogens with one attached hydrogen (secondary N) is 1. The molecule has 0 fully saturated rings. The number of carbonyl (C=O) groups is 2. The summed E-state index contributed by atoms with van der Waals surface area (Å²) in [7, 11) is 0. The van der Waals surface area contributed by atoms with Gasteiger partial charge in [0.05, 0.1) is 6.04 Å². The van der Waals surface area contributed by atoms with Crippen molar-refractivity contribution in [3.63, 3.8) is 0 Å². The third kappa shape index (κ3) is 5.36. The minimum atomic E-state index is -0.448. The Balaban J connectivity index is 3.56. The highest BCUT2D eigenvalue weighted by Gasteiger charge is 2.15. The van der Waals surface area contributed by atoms with E-state index in [1.807, 2.05) is 13.8 Å². The second-order valence-electron chi connectivity index (χ2n) is 3.37. The van der Waals surface area contributed by atoms with Gasteiger partial charge >= 0.3 is 0 Å². The number of hydrogen-bond donors (Lipinski definition) is 2. The highest BCUT2D eigenvalue weighted by molar-refractivity contribution is 5.81. The molecule has 0 rings (SSSR count). The van der Waals surface area contributed by atoms with E-state index in [1.54, 1.807) is 0 Å². The summed E-state index contributed by atoms with van der Waals surface area (Å²) in [6.45, 7) is 4.32. The van der Waals surface area contributed by atoms with E-state index < -0.39 is 6.04 Å². The van der Waals surface area contributed by atoms with Gasteiger partial charge < -0.3 is 15.8 Å². The molecule has 0 saturated carbocycles. The van der Waals surface area contributed by atoms with E-state index in [4.69, 9.17) is 5.73 Å². The second kappa shape index (κ2) is 6.60. The monoisotopic (exact) mass is 186 g/mol. The molecule has 0 aliphatic heterocycles. The molecule has 0 aliphatic carbocycles. The van der Waals surface area contributed by atoms with Crippen LogP contribution >= 0.6 is 0 Å².